The molecule has 2 atom stereocenters. The first-order valence-electron chi connectivity index (χ1n) is 32.8. The molecule has 0 aliphatic carbocycles. The van der Waals surface area contributed by atoms with Crippen LogP contribution in [0.4, 0.5) is 17.6 Å². The molecule has 4 aromatic carbocycles. The molecular formula is C46H52Cl2N10O10. The van der Waals surface area contributed by atoms with Gasteiger partial charge in [-0.25, -0.2) is 15.0 Å². The summed E-state index contributed by atoms with van der Waals surface area (Å²) in [5.74, 6) is -5.39. The Morgan fingerprint density at radius 1 is 0.647 bits per heavy atom. The average Bonchev–Trinajstić information content (AvgIpc) is 0.691. The number of rotatable bonds is 7. The summed E-state index contributed by atoms with van der Waals surface area (Å²) in [7, 11) is -11.8. The number of nitrogens with zero attached hydrogens (tertiary/aromatic N) is 7. The monoisotopic (exact) mass is 1000 g/mol. The molecule has 0 spiro atoms. The minimum absolute atomic E-state index is 0. The lowest BCUT2D eigenvalue weighted by Crippen LogP contribution is -2.54. The number of anilines is 3. The number of nitrogen functional groups attached to an aromatic ring is 2. The summed E-state index contributed by atoms with van der Waals surface area (Å²) < 4.78 is 260. The third kappa shape index (κ3) is 10.8. The first-order valence-corrected chi connectivity index (χ1v) is 19.2. The number of aromatic nitrogens is 4. The SMILES string of the molecule is Cl.[2H]C([2H])([2H])Oc1cc2nc(Cl)nc(N)c2cc1OC([2H])([2H])[2H].[2H]C([2H])([2H])Oc1cc2nc(N3C([2H])([2H])C([2H])([2H])N(C(=O)C4COc5ccccc5O4)C([2H])([2H])C3([2H])[2H])nc(N)c2cc1OC([2H])([2H])[2H].[2H]C1([2H])NC([2H])([2H])C([2H])([2H])N(C(=O)C2COc3ccccc3O2)C1([2H])[2H]. The quantitative estimate of drug-likeness (QED) is 0.189. The van der Waals surface area contributed by atoms with E-state index >= 15 is 0 Å². The highest BCUT2D eigenvalue weighted by atomic mass is 35.5. The zero-order valence-electron chi connectivity index (χ0n) is 62.2. The number of carbonyl (C=O) groups is 2. The van der Waals surface area contributed by atoms with Crippen LogP contribution in [-0.4, -0.2) is 147 Å². The van der Waals surface area contributed by atoms with Crippen molar-refractivity contribution in [2.75, 3.05) is 110 Å². The summed E-state index contributed by atoms with van der Waals surface area (Å²) in [5, 5.41) is 1.58. The summed E-state index contributed by atoms with van der Waals surface area (Å²) in [5.41, 5.74) is 11.5. The summed E-state index contributed by atoms with van der Waals surface area (Å²) in [6.45, 7) is -27.9. The molecule has 2 unspecified atom stereocenters. The summed E-state index contributed by atoms with van der Waals surface area (Å²) >= 11 is 5.68. The highest BCUT2D eigenvalue weighted by Crippen LogP contribution is 2.36. The highest BCUT2D eigenvalue weighted by Gasteiger charge is 2.34. The van der Waals surface area contributed by atoms with Gasteiger partial charge in [0, 0.05) is 80.4 Å². The second kappa shape index (κ2) is 22.1. The van der Waals surface area contributed by atoms with E-state index in [4.69, 9.17) is 99.3 Å². The predicted octanol–water partition coefficient (Wildman–Crippen LogP) is 4.28. The highest BCUT2D eigenvalue weighted by molar-refractivity contribution is 6.28. The van der Waals surface area contributed by atoms with Crippen molar-refractivity contribution >= 4 is 75.2 Å². The van der Waals surface area contributed by atoms with Crippen molar-refractivity contribution in [2.24, 2.45) is 0 Å². The molecular weight excluding hydrogens is 923 g/mol. The molecule has 10 rings (SSSR count). The fraction of sp³-hybridized carbons (Fsp3) is 0.348. The molecule has 4 aliphatic heterocycles. The number of hydrogen-bond acceptors (Lipinski definition) is 18. The van der Waals surface area contributed by atoms with Crippen LogP contribution in [0.15, 0.2) is 72.8 Å². The number of amides is 2. The number of hydrogen-bond donors (Lipinski definition) is 3. The van der Waals surface area contributed by atoms with Gasteiger partial charge in [0.2, 0.25) is 23.4 Å². The van der Waals surface area contributed by atoms with E-state index in [1.54, 1.807) is 35.6 Å². The van der Waals surface area contributed by atoms with Crippen LogP contribution in [-0.2, 0) is 9.59 Å². The number of para-hydroxylation sites is 4. The minimum atomic E-state index is -3.65. The van der Waals surface area contributed by atoms with Crippen molar-refractivity contribution in [3.05, 3.63) is 78.1 Å². The molecule has 6 aromatic rings. The van der Waals surface area contributed by atoms with E-state index in [2.05, 4.69) is 19.9 Å². The Morgan fingerprint density at radius 3 is 1.59 bits per heavy atom. The van der Waals surface area contributed by atoms with Crippen molar-refractivity contribution in [1.29, 1.82) is 0 Å². The topological polar surface area (TPSA) is 233 Å². The molecule has 2 saturated heterocycles. The van der Waals surface area contributed by atoms with Gasteiger partial charge >= 0.3 is 0 Å². The number of ether oxygens (including phenoxy) is 8. The number of nitrogens with one attached hydrogen (secondary N) is 1. The van der Waals surface area contributed by atoms with Gasteiger partial charge in [-0.05, 0) is 48.0 Å². The third-order valence-electron chi connectivity index (χ3n) is 9.20. The van der Waals surface area contributed by atoms with Gasteiger partial charge in [-0.1, -0.05) is 24.3 Å². The third-order valence-corrected chi connectivity index (χ3v) is 9.37. The lowest BCUT2D eigenvalue weighted by Gasteiger charge is -2.37. The van der Waals surface area contributed by atoms with Crippen LogP contribution in [0.1, 0.15) is 38.4 Å². The maximum absolute atomic E-state index is 13.7. The number of nitrogens with two attached hydrogens (primary N) is 2. The number of halogens is 2. The van der Waals surface area contributed by atoms with Crippen molar-refractivity contribution in [2.45, 2.75) is 12.2 Å². The molecule has 4 aliphatic rings. The number of carbonyl (C=O) groups excluding carboxylic acids is 2. The van der Waals surface area contributed by atoms with Crippen molar-refractivity contribution in [1.82, 2.24) is 35.1 Å². The van der Waals surface area contributed by atoms with Crippen LogP contribution in [0.25, 0.3) is 21.8 Å². The van der Waals surface area contributed by atoms with Crippen LogP contribution in [0, 0.1) is 0 Å². The molecule has 360 valence electrons. The average molecular weight is 1000 g/mol. The van der Waals surface area contributed by atoms with Gasteiger partial charge in [0.25, 0.3) is 11.8 Å². The largest absolute Gasteiger partial charge is 0.493 e. The Kier molecular flexibility index (Phi) is 7.87. The van der Waals surface area contributed by atoms with E-state index in [1.165, 1.54) is 30.3 Å². The Labute approximate surface area is 442 Å². The fourth-order valence-corrected chi connectivity index (χ4v) is 6.25. The van der Waals surface area contributed by atoms with Crippen molar-refractivity contribution < 1.29 is 85.9 Å². The van der Waals surface area contributed by atoms with Crippen molar-refractivity contribution in [3.8, 4) is 46.0 Å². The first-order chi connectivity index (χ1) is 43.1. The molecule has 2 fully saturated rings. The van der Waals surface area contributed by atoms with E-state index < -0.39 is 134 Å². The number of benzene rings is 4. The fourth-order valence-electron chi connectivity index (χ4n) is 6.07. The van der Waals surface area contributed by atoms with E-state index in [9.17, 15) is 9.59 Å². The van der Waals surface area contributed by atoms with E-state index in [1.807, 2.05) is 0 Å². The van der Waals surface area contributed by atoms with Gasteiger partial charge < -0.3 is 69.4 Å². The molecule has 0 bridgehead atoms. The van der Waals surface area contributed by atoms with Crippen LogP contribution >= 0.6 is 24.0 Å². The summed E-state index contributed by atoms with van der Waals surface area (Å²) in [6, 6.07) is 16.7. The van der Waals surface area contributed by atoms with Gasteiger partial charge in [-0.15, -0.1) is 12.4 Å². The summed E-state index contributed by atoms with van der Waals surface area (Å²) in [4.78, 5) is 41.6. The minimum Gasteiger partial charge on any atom is -0.493 e. The van der Waals surface area contributed by atoms with Gasteiger partial charge in [0.1, 0.15) is 24.8 Å². The van der Waals surface area contributed by atoms with Gasteiger partial charge in [-0.3, -0.25) is 9.59 Å². The molecule has 2 aromatic heterocycles. The Hall–Kier alpha value is -7.16. The zero-order chi connectivity index (χ0) is 71.4. The Balaban J connectivity index is 0.000000223. The molecule has 0 radical (unpaired) electrons. The first kappa shape index (κ1) is 24.2. The van der Waals surface area contributed by atoms with Gasteiger partial charge in [-0.2, -0.15) is 4.98 Å². The number of fused-ring (bicyclic) bond motifs is 4. The molecule has 2 amide bonds. The predicted molar refractivity (Wildman–Crippen MR) is 257 cm³/mol. The molecule has 20 nitrogen and oxygen atoms in total. The smallest absolute Gasteiger partial charge is 0.267 e. The zero-order valence-corrected chi connectivity index (χ0v) is 35.7. The van der Waals surface area contributed by atoms with Gasteiger partial charge in [0.15, 0.2) is 46.0 Å². The van der Waals surface area contributed by atoms with Crippen LogP contribution in [0.2, 0.25) is 5.28 Å². The van der Waals surface area contributed by atoms with Crippen LogP contribution in [0.5, 0.6) is 46.0 Å². The van der Waals surface area contributed by atoms with E-state index in [-0.39, 0.29) is 95.4 Å². The maximum atomic E-state index is 13.7. The van der Waals surface area contributed by atoms with Crippen molar-refractivity contribution in [3.63, 3.8) is 0 Å². The lowest BCUT2D eigenvalue weighted by atomic mass is 10.2. The van der Waals surface area contributed by atoms with Crippen LogP contribution in [0.3, 0.4) is 0 Å². The summed E-state index contributed by atoms with van der Waals surface area (Å²) in [6.07, 6.45) is -3.15. The number of piperazine rings is 2. The Morgan fingerprint density at radius 2 is 1.09 bits per heavy atom. The molecule has 5 N–H and O–H groups in total. The lowest BCUT2D eigenvalue weighted by molar-refractivity contribution is -0.142. The van der Waals surface area contributed by atoms with Gasteiger partial charge in [0.05, 0.1) is 72.1 Å². The Bertz CT molecular complexity index is 3890. The number of methoxy groups -OCH3 is 4. The second-order valence-electron chi connectivity index (χ2n) is 13.3. The van der Waals surface area contributed by atoms with Crippen LogP contribution < -0.4 is 59.6 Å². The second-order valence-corrected chi connectivity index (χ2v) is 13.6. The maximum Gasteiger partial charge on any atom is 0.267 e. The molecule has 0 saturated carbocycles. The van der Waals surface area contributed by atoms with E-state index in [0.29, 0.717) is 5.75 Å². The normalized spacial score (nSPS) is 29.8. The molecule has 22 heteroatoms. The van der Waals surface area contributed by atoms with E-state index in [0.717, 1.165) is 12.1 Å². The molecule has 6 heterocycles. The standard InChI is InChI=1S/C23H25N5O5.C13H16N2O3.C10H10ClN3O2.ClH/c1-30-18-11-14-15(12-19(18)31-2)25-23(26-21(14)24)28-9-7-27(8-10-28)22(29)20-13-32-16-5-3-4-6-17(16)33-20;16-13(15-7-5-14-6-8-15)12-9-17-10-3-1-2-4-11(10)18-12;1-15-7-3-5-6(4-8(7)16-2)13-10(11)14-9(5)12;/h3-6,11-12,20H,7-10,13H2,1-2H3,(H2,24,25,26);1-4,12,14H,5-9H2;3-4H,1-2H3,(H2,12,13,14);1H/i1D3,2D3,7D2,8D2,9D2,10D2;5D2,6D2,7D2,8D2;1D3,2D3;. The molecule has 68 heavy (non-hydrogen) atoms.